The summed E-state index contributed by atoms with van der Waals surface area (Å²) in [5, 5.41) is 3.51. The fourth-order valence-electron chi connectivity index (χ4n) is 2.27. The maximum Gasteiger partial charge on any atom is 0.104 e. The van der Waals surface area contributed by atoms with E-state index in [1.807, 2.05) is 25.4 Å². The van der Waals surface area contributed by atoms with Crippen LogP contribution in [0.2, 0.25) is 0 Å². The molecule has 4 nitrogen and oxygen atoms in total. The number of benzene rings is 1. The Bertz CT molecular complexity index is 713. The van der Waals surface area contributed by atoms with E-state index < -0.39 is 0 Å². The van der Waals surface area contributed by atoms with E-state index in [0.717, 1.165) is 28.2 Å². The summed E-state index contributed by atoms with van der Waals surface area (Å²) in [5.74, 6) is 0.943. The Balaban J connectivity index is 1.86. The Morgan fingerprint density at radius 2 is 2.16 bits per heavy atom. The highest BCUT2D eigenvalue weighted by molar-refractivity contribution is 7.09. The molecule has 2 N–H and O–H groups in total. The van der Waals surface area contributed by atoms with Gasteiger partial charge < -0.3 is 10.3 Å². The SMILES string of the molecule is Cc1nc2ccc(NC(C)c3scnc3C)cc2[nH]1. The van der Waals surface area contributed by atoms with Gasteiger partial charge in [0.25, 0.3) is 0 Å². The van der Waals surface area contributed by atoms with E-state index >= 15 is 0 Å². The van der Waals surface area contributed by atoms with Crippen LogP contribution in [0.1, 0.15) is 29.4 Å². The molecule has 0 spiro atoms. The summed E-state index contributed by atoms with van der Waals surface area (Å²) in [6.07, 6.45) is 0. The molecule has 0 aliphatic rings. The molecule has 0 amide bonds. The number of hydrogen-bond donors (Lipinski definition) is 2. The second-order valence-electron chi connectivity index (χ2n) is 4.72. The van der Waals surface area contributed by atoms with Gasteiger partial charge in [0.15, 0.2) is 0 Å². The van der Waals surface area contributed by atoms with Crippen LogP contribution in [0.15, 0.2) is 23.7 Å². The van der Waals surface area contributed by atoms with E-state index in [9.17, 15) is 0 Å². The highest BCUT2D eigenvalue weighted by Crippen LogP contribution is 2.26. The molecule has 1 atom stereocenters. The predicted octanol–water partition coefficient (Wildman–Crippen LogP) is 3.81. The number of H-pyrrole nitrogens is 1. The lowest BCUT2D eigenvalue weighted by Gasteiger charge is -2.14. The van der Waals surface area contributed by atoms with Gasteiger partial charge in [-0.2, -0.15) is 0 Å². The zero-order valence-electron chi connectivity index (χ0n) is 11.2. The summed E-state index contributed by atoms with van der Waals surface area (Å²) in [5.41, 5.74) is 6.16. The third-order valence-corrected chi connectivity index (χ3v) is 4.27. The molecule has 98 valence electrons. The van der Waals surface area contributed by atoms with E-state index in [2.05, 4.69) is 39.3 Å². The van der Waals surface area contributed by atoms with Crippen LogP contribution in [-0.2, 0) is 0 Å². The molecule has 1 aromatic carbocycles. The van der Waals surface area contributed by atoms with E-state index in [-0.39, 0.29) is 6.04 Å². The van der Waals surface area contributed by atoms with Crippen molar-refractivity contribution in [1.29, 1.82) is 0 Å². The van der Waals surface area contributed by atoms with Crippen molar-refractivity contribution in [2.24, 2.45) is 0 Å². The molecule has 1 unspecified atom stereocenters. The molecule has 3 rings (SSSR count). The van der Waals surface area contributed by atoms with Crippen molar-refractivity contribution in [3.05, 3.63) is 40.1 Å². The van der Waals surface area contributed by atoms with Crippen LogP contribution < -0.4 is 5.32 Å². The van der Waals surface area contributed by atoms with Gasteiger partial charge in [-0.05, 0) is 39.0 Å². The highest BCUT2D eigenvalue weighted by atomic mass is 32.1. The van der Waals surface area contributed by atoms with Crippen LogP contribution in [-0.4, -0.2) is 15.0 Å². The van der Waals surface area contributed by atoms with Crippen molar-refractivity contribution in [3.63, 3.8) is 0 Å². The number of hydrogen-bond acceptors (Lipinski definition) is 4. The first kappa shape index (κ1) is 12.2. The lowest BCUT2D eigenvalue weighted by atomic mass is 10.2. The Kier molecular flexibility index (Phi) is 2.98. The maximum atomic E-state index is 4.41. The summed E-state index contributed by atoms with van der Waals surface area (Å²) in [6.45, 7) is 6.17. The summed E-state index contributed by atoms with van der Waals surface area (Å²) >= 11 is 1.69. The first-order valence-corrected chi connectivity index (χ1v) is 7.14. The Hall–Kier alpha value is -1.88. The van der Waals surface area contributed by atoms with Crippen LogP contribution in [0.5, 0.6) is 0 Å². The maximum absolute atomic E-state index is 4.41. The summed E-state index contributed by atoms with van der Waals surface area (Å²) in [7, 11) is 0. The minimum atomic E-state index is 0.258. The predicted molar refractivity (Wildman–Crippen MR) is 79.7 cm³/mol. The number of nitrogens with zero attached hydrogens (tertiary/aromatic N) is 2. The van der Waals surface area contributed by atoms with Gasteiger partial charge >= 0.3 is 0 Å². The number of aromatic amines is 1. The van der Waals surface area contributed by atoms with Gasteiger partial charge in [0, 0.05) is 10.6 Å². The van der Waals surface area contributed by atoms with Crippen molar-refractivity contribution in [3.8, 4) is 0 Å². The second-order valence-corrected chi connectivity index (χ2v) is 5.61. The van der Waals surface area contributed by atoms with Gasteiger partial charge in [-0.1, -0.05) is 0 Å². The highest BCUT2D eigenvalue weighted by Gasteiger charge is 2.11. The normalized spacial score (nSPS) is 12.8. The summed E-state index contributed by atoms with van der Waals surface area (Å²) in [6, 6.07) is 6.46. The molecule has 0 saturated heterocycles. The molecular formula is C14H16N4S. The smallest absolute Gasteiger partial charge is 0.104 e. The van der Waals surface area contributed by atoms with Gasteiger partial charge in [-0.15, -0.1) is 11.3 Å². The van der Waals surface area contributed by atoms with Crippen molar-refractivity contribution < 1.29 is 0 Å². The molecule has 0 bridgehead atoms. The molecule has 2 aromatic heterocycles. The molecule has 0 aliphatic carbocycles. The van der Waals surface area contributed by atoms with Crippen molar-refractivity contribution in [2.45, 2.75) is 26.8 Å². The molecule has 0 aliphatic heterocycles. The summed E-state index contributed by atoms with van der Waals surface area (Å²) in [4.78, 5) is 13.2. The largest absolute Gasteiger partial charge is 0.378 e. The molecular weight excluding hydrogens is 256 g/mol. The van der Waals surface area contributed by atoms with Gasteiger partial charge in [0.1, 0.15) is 5.82 Å². The average Bonchev–Trinajstić information content (AvgIpc) is 2.93. The Morgan fingerprint density at radius 3 is 2.89 bits per heavy atom. The van der Waals surface area contributed by atoms with Crippen molar-refractivity contribution in [1.82, 2.24) is 15.0 Å². The van der Waals surface area contributed by atoms with Gasteiger partial charge in [-0.25, -0.2) is 9.97 Å². The second kappa shape index (κ2) is 4.66. The van der Waals surface area contributed by atoms with Crippen molar-refractivity contribution >= 4 is 28.1 Å². The third kappa shape index (κ3) is 2.33. The van der Waals surface area contributed by atoms with Crippen LogP contribution in [0.25, 0.3) is 11.0 Å². The molecule has 19 heavy (non-hydrogen) atoms. The topological polar surface area (TPSA) is 53.6 Å². The number of aromatic nitrogens is 3. The number of thiazole rings is 1. The zero-order chi connectivity index (χ0) is 13.4. The molecule has 0 radical (unpaired) electrons. The number of aryl methyl sites for hydroxylation is 2. The lowest BCUT2D eigenvalue weighted by molar-refractivity contribution is 0.891. The number of fused-ring (bicyclic) bond motifs is 1. The molecule has 2 heterocycles. The number of imidazole rings is 1. The summed E-state index contributed by atoms with van der Waals surface area (Å²) < 4.78 is 0. The van der Waals surface area contributed by atoms with E-state index in [4.69, 9.17) is 0 Å². The van der Waals surface area contributed by atoms with E-state index in [0.29, 0.717) is 0 Å². The van der Waals surface area contributed by atoms with E-state index in [1.54, 1.807) is 11.3 Å². The van der Waals surface area contributed by atoms with Crippen LogP contribution in [0.3, 0.4) is 0 Å². The molecule has 0 saturated carbocycles. The number of rotatable bonds is 3. The minimum Gasteiger partial charge on any atom is -0.378 e. The number of nitrogens with one attached hydrogen (secondary N) is 2. The van der Waals surface area contributed by atoms with Gasteiger partial charge in [0.2, 0.25) is 0 Å². The molecule has 5 heteroatoms. The zero-order valence-corrected chi connectivity index (χ0v) is 12.0. The van der Waals surface area contributed by atoms with Crippen LogP contribution >= 0.6 is 11.3 Å². The lowest BCUT2D eigenvalue weighted by Crippen LogP contribution is -2.06. The average molecular weight is 272 g/mol. The standard InChI is InChI=1S/C14H16N4S/c1-8-14(19-7-15-8)9(2)16-11-4-5-12-13(6-11)18-10(3)17-12/h4-7,9,16H,1-3H3,(H,17,18). The van der Waals surface area contributed by atoms with Gasteiger partial charge in [-0.3, -0.25) is 0 Å². The molecule has 0 fully saturated rings. The monoisotopic (exact) mass is 272 g/mol. The first-order chi connectivity index (χ1) is 9.13. The van der Waals surface area contributed by atoms with Gasteiger partial charge in [0.05, 0.1) is 28.3 Å². The number of anilines is 1. The first-order valence-electron chi connectivity index (χ1n) is 6.26. The van der Waals surface area contributed by atoms with Crippen LogP contribution in [0.4, 0.5) is 5.69 Å². The van der Waals surface area contributed by atoms with Crippen molar-refractivity contribution in [2.75, 3.05) is 5.32 Å². The Labute approximate surface area is 115 Å². The van der Waals surface area contributed by atoms with E-state index in [1.165, 1.54) is 4.88 Å². The fraction of sp³-hybridized carbons (Fsp3) is 0.286. The fourth-order valence-corrected chi connectivity index (χ4v) is 3.08. The third-order valence-electron chi connectivity index (χ3n) is 3.16. The Morgan fingerprint density at radius 1 is 1.32 bits per heavy atom. The van der Waals surface area contributed by atoms with Crippen LogP contribution in [0, 0.1) is 13.8 Å². The quantitative estimate of drug-likeness (QED) is 0.762. The minimum absolute atomic E-state index is 0.258. The molecule has 3 aromatic rings.